The summed E-state index contributed by atoms with van der Waals surface area (Å²) in [6.07, 6.45) is 12.1. The van der Waals surface area contributed by atoms with Gasteiger partial charge in [-0.3, -0.25) is 0 Å². The van der Waals surface area contributed by atoms with E-state index >= 15 is 0 Å². The van der Waals surface area contributed by atoms with Crippen LogP contribution in [0.15, 0.2) is 0 Å². The first kappa shape index (κ1) is 12.7. The van der Waals surface area contributed by atoms with Crippen molar-refractivity contribution >= 4 is 0 Å². The molecule has 0 aliphatic heterocycles. The molecule has 0 radical (unpaired) electrons. The van der Waals surface area contributed by atoms with Crippen molar-refractivity contribution in [3.8, 4) is 0 Å². The third kappa shape index (κ3) is 1.99. The Morgan fingerprint density at radius 3 is 1.53 bits per heavy atom. The van der Waals surface area contributed by atoms with Crippen LogP contribution in [0.4, 0.5) is 0 Å². The van der Waals surface area contributed by atoms with Crippen molar-refractivity contribution in [3.05, 3.63) is 0 Å². The van der Waals surface area contributed by atoms with Crippen molar-refractivity contribution in [1.82, 2.24) is 5.32 Å². The van der Waals surface area contributed by atoms with E-state index in [1.54, 1.807) is 25.7 Å². The minimum Gasteiger partial charge on any atom is -0.311 e. The zero-order chi connectivity index (χ0) is 13.0. The molecule has 0 amide bonds. The molecule has 0 aromatic heterocycles. The normalized spacial score (nSPS) is 55.3. The molecule has 0 heterocycles. The van der Waals surface area contributed by atoms with Gasteiger partial charge >= 0.3 is 0 Å². The van der Waals surface area contributed by atoms with Crippen molar-refractivity contribution < 1.29 is 0 Å². The highest BCUT2D eigenvalue weighted by molar-refractivity contribution is 5.04. The number of hydrogen-bond donors (Lipinski definition) is 1. The predicted octanol–water partition coefficient (Wildman–Crippen LogP) is 4.23. The van der Waals surface area contributed by atoms with E-state index in [0.717, 1.165) is 47.6 Å². The predicted molar refractivity (Wildman–Crippen MR) is 79.9 cm³/mol. The van der Waals surface area contributed by atoms with E-state index in [1.807, 2.05) is 0 Å². The average Bonchev–Trinajstić information content (AvgIpc) is 3.16. The maximum atomic E-state index is 4.17. The van der Waals surface area contributed by atoms with Gasteiger partial charge in [0.25, 0.3) is 0 Å². The molecule has 1 N–H and O–H groups in total. The standard InChI is InChI=1S/C18H31N/c1-3-13-5-11-7-15(13)17(9-11)19-18-10-12-6-14(4-2)16(18)8-12/h11-19H,3-10H2,1-2H3. The van der Waals surface area contributed by atoms with Crippen LogP contribution in [0.2, 0.25) is 0 Å². The quantitative estimate of drug-likeness (QED) is 0.798. The van der Waals surface area contributed by atoms with E-state index in [4.69, 9.17) is 0 Å². The lowest BCUT2D eigenvalue weighted by molar-refractivity contribution is 0.187. The molecular weight excluding hydrogens is 230 g/mol. The summed E-state index contributed by atoms with van der Waals surface area (Å²) in [5.41, 5.74) is 0. The molecule has 8 unspecified atom stereocenters. The van der Waals surface area contributed by atoms with Gasteiger partial charge in [0.15, 0.2) is 0 Å². The Morgan fingerprint density at radius 1 is 0.684 bits per heavy atom. The summed E-state index contributed by atoms with van der Waals surface area (Å²) >= 11 is 0. The fraction of sp³-hybridized carbons (Fsp3) is 1.00. The molecule has 19 heavy (non-hydrogen) atoms. The molecule has 8 atom stereocenters. The minimum atomic E-state index is 0.894. The SMILES string of the molecule is CCC1CC2CC(NC3CC4CC(CC)C3C4)C1C2. The lowest BCUT2D eigenvalue weighted by Gasteiger charge is -2.36. The average molecular weight is 261 g/mol. The van der Waals surface area contributed by atoms with Gasteiger partial charge in [-0.15, -0.1) is 0 Å². The monoisotopic (exact) mass is 261 g/mol. The Balaban J connectivity index is 1.40. The molecule has 0 aromatic rings. The third-order valence-electron chi connectivity index (χ3n) is 7.38. The Labute approximate surface area is 118 Å². The first-order valence-electron chi connectivity index (χ1n) is 9.04. The van der Waals surface area contributed by atoms with E-state index in [0.29, 0.717) is 0 Å². The second-order valence-corrected chi connectivity index (χ2v) is 8.19. The van der Waals surface area contributed by atoms with Crippen LogP contribution >= 0.6 is 0 Å². The van der Waals surface area contributed by atoms with Crippen LogP contribution in [-0.2, 0) is 0 Å². The third-order valence-corrected chi connectivity index (χ3v) is 7.38. The van der Waals surface area contributed by atoms with Gasteiger partial charge in [0.05, 0.1) is 0 Å². The second-order valence-electron chi connectivity index (χ2n) is 8.19. The van der Waals surface area contributed by atoms with Gasteiger partial charge in [0.1, 0.15) is 0 Å². The first-order valence-corrected chi connectivity index (χ1v) is 9.04. The van der Waals surface area contributed by atoms with E-state index in [2.05, 4.69) is 19.2 Å². The topological polar surface area (TPSA) is 12.0 Å². The Kier molecular flexibility index (Phi) is 3.17. The zero-order valence-electron chi connectivity index (χ0n) is 12.8. The van der Waals surface area contributed by atoms with Crippen LogP contribution in [0.5, 0.6) is 0 Å². The van der Waals surface area contributed by atoms with Gasteiger partial charge in [-0.25, -0.2) is 0 Å². The second kappa shape index (κ2) is 4.76. The van der Waals surface area contributed by atoms with E-state index in [-0.39, 0.29) is 0 Å². The summed E-state index contributed by atoms with van der Waals surface area (Å²) in [4.78, 5) is 0. The Morgan fingerprint density at radius 2 is 1.16 bits per heavy atom. The molecule has 4 aliphatic rings. The highest BCUT2D eigenvalue weighted by Gasteiger charge is 2.49. The van der Waals surface area contributed by atoms with Crippen LogP contribution in [0.25, 0.3) is 0 Å². The number of fused-ring (bicyclic) bond motifs is 4. The fourth-order valence-electron chi connectivity index (χ4n) is 6.59. The molecule has 1 heteroatoms. The smallest absolute Gasteiger partial charge is 0.0103 e. The van der Waals surface area contributed by atoms with Gasteiger partial charge < -0.3 is 5.32 Å². The van der Waals surface area contributed by atoms with E-state index < -0.39 is 0 Å². The minimum absolute atomic E-state index is 0.894. The molecule has 1 nitrogen and oxygen atoms in total. The highest BCUT2D eigenvalue weighted by atomic mass is 15.0. The van der Waals surface area contributed by atoms with Gasteiger partial charge in [-0.05, 0) is 74.0 Å². The van der Waals surface area contributed by atoms with Crippen molar-refractivity contribution in [1.29, 1.82) is 0 Å². The number of hydrogen-bond acceptors (Lipinski definition) is 1. The maximum Gasteiger partial charge on any atom is 0.0103 e. The fourth-order valence-corrected chi connectivity index (χ4v) is 6.59. The summed E-state index contributed by atoms with van der Waals surface area (Å²) in [6, 6.07) is 1.79. The van der Waals surface area contributed by atoms with E-state index in [9.17, 15) is 0 Å². The van der Waals surface area contributed by atoms with Gasteiger partial charge in [0, 0.05) is 12.1 Å². The summed E-state index contributed by atoms with van der Waals surface area (Å²) in [6.45, 7) is 4.82. The maximum absolute atomic E-state index is 4.17. The van der Waals surface area contributed by atoms with E-state index in [1.165, 1.54) is 25.7 Å². The molecule has 4 bridgehead atoms. The van der Waals surface area contributed by atoms with Crippen LogP contribution in [0, 0.1) is 35.5 Å². The van der Waals surface area contributed by atoms with Crippen molar-refractivity contribution in [2.24, 2.45) is 35.5 Å². The van der Waals surface area contributed by atoms with Gasteiger partial charge in [-0.1, -0.05) is 26.7 Å². The van der Waals surface area contributed by atoms with Crippen LogP contribution in [-0.4, -0.2) is 12.1 Å². The van der Waals surface area contributed by atoms with Crippen LogP contribution in [0.1, 0.15) is 65.2 Å². The van der Waals surface area contributed by atoms with Crippen molar-refractivity contribution in [2.45, 2.75) is 77.3 Å². The molecule has 0 saturated heterocycles. The molecular formula is C18H31N. The molecule has 108 valence electrons. The van der Waals surface area contributed by atoms with Crippen molar-refractivity contribution in [2.75, 3.05) is 0 Å². The largest absolute Gasteiger partial charge is 0.311 e. The molecule has 4 fully saturated rings. The molecule has 4 saturated carbocycles. The lowest BCUT2D eigenvalue weighted by atomic mass is 9.80. The summed E-state index contributed by atoms with van der Waals surface area (Å²) in [7, 11) is 0. The zero-order valence-corrected chi connectivity index (χ0v) is 12.8. The molecule has 4 rings (SSSR count). The number of rotatable bonds is 4. The van der Waals surface area contributed by atoms with Gasteiger partial charge in [-0.2, -0.15) is 0 Å². The van der Waals surface area contributed by atoms with Crippen LogP contribution < -0.4 is 5.32 Å². The van der Waals surface area contributed by atoms with Crippen molar-refractivity contribution in [3.63, 3.8) is 0 Å². The van der Waals surface area contributed by atoms with Gasteiger partial charge in [0.2, 0.25) is 0 Å². The first-order chi connectivity index (χ1) is 9.28. The molecule has 0 spiro atoms. The Hall–Kier alpha value is -0.0400. The molecule has 4 aliphatic carbocycles. The number of nitrogens with one attached hydrogen (secondary N) is 1. The summed E-state index contributed by atoms with van der Waals surface area (Å²) in [5, 5.41) is 4.17. The molecule has 0 aromatic carbocycles. The highest BCUT2D eigenvalue weighted by Crippen LogP contribution is 2.53. The Bertz CT molecular complexity index is 307. The lowest BCUT2D eigenvalue weighted by Crippen LogP contribution is -2.47. The van der Waals surface area contributed by atoms with Crippen LogP contribution in [0.3, 0.4) is 0 Å². The summed E-state index contributed by atoms with van der Waals surface area (Å²) in [5.74, 6) is 6.33. The summed E-state index contributed by atoms with van der Waals surface area (Å²) < 4.78 is 0.